The highest BCUT2D eigenvalue weighted by molar-refractivity contribution is 5.83. The summed E-state index contributed by atoms with van der Waals surface area (Å²) >= 11 is 0. The van der Waals surface area contributed by atoms with Gasteiger partial charge in [-0.2, -0.15) is 0 Å². The van der Waals surface area contributed by atoms with E-state index < -0.39 is 0 Å². The molecule has 1 N–H and O–H groups in total. The van der Waals surface area contributed by atoms with Crippen LogP contribution in [0.5, 0.6) is 5.75 Å². The van der Waals surface area contributed by atoms with Crippen LogP contribution in [0.2, 0.25) is 0 Å². The van der Waals surface area contributed by atoms with Gasteiger partial charge in [0.1, 0.15) is 0 Å². The minimum atomic E-state index is -0.334. The van der Waals surface area contributed by atoms with E-state index in [0.29, 0.717) is 12.5 Å². The Kier molecular flexibility index (Phi) is 3.14. The Morgan fingerprint density at radius 2 is 2.21 bits per heavy atom. The number of benzene rings is 1. The van der Waals surface area contributed by atoms with Crippen molar-refractivity contribution in [1.82, 2.24) is 5.32 Å². The lowest BCUT2D eigenvalue weighted by Gasteiger charge is -2.36. The maximum absolute atomic E-state index is 13.6. The number of rotatable bonds is 4. The first-order chi connectivity index (χ1) is 9.17. The van der Waals surface area contributed by atoms with Crippen LogP contribution in [0.3, 0.4) is 0 Å². The Balaban J connectivity index is 1.54. The topological polar surface area (TPSA) is 50.9 Å². The van der Waals surface area contributed by atoms with E-state index in [-0.39, 0.29) is 29.6 Å². The second-order valence-electron chi connectivity index (χ2n) is 5.09. The molecular formula is C14H16FNO3. The zero-order valence-corrected chi connectivity index (χ0v) is 10.7. The van der Waals surface area contributed by atoms with Crippen LogP contribution in [0, 0.1) is 5.82 Å². The van der Waals surface area contributed by atoms with E-state index in [2.05, 4.69) is 5.32 Å². The van der Waals surface area contributed by atoms with E-state index in [1.165, 1.54) is 13.2 Å². The number of amides is 1. The standard InChI is InChI=1S/C14H16FNO3/c1-18-12-3-2-8(6-11(12)15)9-4-10(5-9)16-14(17)13-7-19-13/h2-3,6,9-10,13H,4-5,7H2,1H3,(H,16,17). The number of halogens is 1. The quantitative estimate of drug-likeness (QED) is 0.841. The second-order valence-corrected chi connectivity index (χ2v) is 5.09. The van der Waals surface area contributed by atoms with E-state index in [9.17, 15) is 9.18 Å². The lowest BCUT2D eigenvalue weighted by atomic mass is 9.76. The fourth-order valence-corrected chi connectivity index (χ4v) is 2.44. The molecule has 2 aliphatic rings. The average Bonchev–Trinajstić information content (AvgIpc) is 3.17. The molecule has 2 fully saturated rings. The normalized spacial score (nSPS) is 28.4. The molecule has 0 bridgehead atoms. The van der Waals surface area contributed by atoms with Gasteiger partial charge in [0.25, 0.3) is 5.91 Å². The van der Waals surface area contributed by atoms with Crippen LogP contribution in [0.4, 0.5) is 4.39 Å². The Hall–Kier alpha value is -1.62. The smallest absolute Gasteiger partial charge is 0.251 e. The molecule has 1 amide bonds. The van der Waals surface area contributed by atoms with Gasteiger partial charge in [-0.15, -0.1) is 0 Å². The predicted molar refractivity (Wildman–Crippen MR) is 66.6 cm³/mol. The van der Waals surface area contributed by atoms with Crippen LogP contribution in [0.25, 0.3) is 0 Å². The highest BCUT2D eigenvalue weighted by Crippen LogP contribution is 2.38. The number of epoxide rings is 1. The lowest BCUT2D eigenvalue weighted by molar-refractivity contribution is -0.123. The third-order valence-corrected chi connectivity index (χ3v) is 3.76. The molecule has 5 heteroatoms. The fraction of sp³-hybridized carbons (Fsp3) is 0.500. The van der Waals surface area contributed by atoms with Crippen LogP contribution in [-0.4, -0.2) is 31.8 Å². The van der Waals surface area contributed by atoms with Crippen LogP contribution in [0.1, 0.15) is 24.3 Å². The molecule has 4 nitrogen and oxygen atoms in total. The number of carbonyl (C=O) groups excluding carboxylic acids is 1. The predicted octanol–water partition coefficient (Wildman–Crippen LogP) is 1.60. The zero-order valence-electron chi connectivity index (χ0n) is 10.7. The summed E-state index contributed by atoms with van der Waals surface area (Å²) in [5.74, 6) is 0.216. The summed E-state index contributed by atoms with van der Waals surface area (Å²) in [7, 11) is 1.45. The van der Waals surface area contributed by atoms with Crippen LogP contribution < -0.4 is 10.1 Å². The van der Waals surface area contributed by atoms with Gasteiger partial charge in [0.2, 0.25) is 0 Å². The number of carbonyl (C=O) groups is 1. The molecule has 1 atom stereocenters. The van der Waals surface area contributed by atoms with E-state index >= 15 is 0 Å². The van der Waals surface area contributed by atoms with Crippen molar-refractivity contribution in [2.24, 2.45) is 0 Å². The molecule has 1 aromatic rings. The first-order valence-corrected chi connectivity index (χ1v) is 6.43. The molecule has 3 rings (SSSR count). The Morgan fingerprint density at radius 1 is 1.47 bits per heavy atom. The summed E-state index contributed by atoms with van der Waals surface area (Å²) in [6.45, 7) is 0.533. The van der Waals surface area contributed by atoms with Crippen LogP contribution in [-0.2, 0) is 9.53 Å². The number of nitrogens with one attached hydrogen (secondary N) is 1. The summed E-state index contributed by atoms with van der Waals surface area (Å²) < 4.78 is 23.4. The minimum absolute atomic E-state index is 0.0237. The highest BCUT2D eigenvalue weighted by atomic mass is 19.1. The van der Waals surface area contributed by atoms with Gasteiger partial charge in [-0.25, -0.2) is 4.39 Å². The third kappa shape index (κ3) is 2.56. The van der Waals surface area contributed by atoms with Gasteiger partial charge < -0.3 is 14.8 Å². The van der Waals surface area contributed by atoms with Gasteiger partial charge in [-0.3, -0.25) is 4.79 Å². The third-order valence-electron chi connectivity index (χ3n) is 3.76. The summed E-state index contributed by atoms with van der Waals surface area (Å²) in [6.07, 6.45) is 1.46. The van der Waals surface area contributed by atoms with Gasteiger partial charge in [-0.05, 0) is 36.5 Å². The van der Waals surface area contributed by atoms with Crippen molar-refractivity contribution in [2.75, 3.05) is 13.7 Å². The zero-order chi connectivity index (χ0) is 13.4. The summed E-state index contributed by atoms with van der Waals surface area (Å²) in [6, 6.07) is 5.24. The highest BCUT2D eigenvalue weighted by Gasteiger charge is 2.37. The SMILES string of the molecule is COc1ccc(C2CC(NC(=O)C3CO3)C2)cc1F. The molecular weight excluding hydrogens is 249 g/mol. The largest absolute Gasteiger partial charge is 0.494 e. The molecule has 1 aliphatic carbocycles. The van der Waals surface area contributed by atoms with Crippen molar-refractivity contribution < 1.29 is 18.7 Å². The van der Waals surface area contributed by atoms with Crippen LogP contribution >= 0.6 is 0 Å². The number of ether oxygens (including phenoxy) is 2. The summed E-state index contributed by atoms with van der Waals surface area (Å²) in [5, 5.41) is 2.93. The summed E-state index contributed by atoms with van der Waals surface area (Å²) in [4.78, 5) is 11.5. The summed E-state index contributed by atoms with van der Waals surface area (Å²) in [5.41, 5.74) is 0.964. The minimum Gasteiger partial charge on any atom is -0.494 e. The van der Waals surface area contributed by atoms with Crippen molar-refractivity contribution >= 4 is 5.91 Å². The van der Waals surface area contributed by atoms with E-state index in [4.69, 9.17) is 9.47 Å². The first-order valence-electron chi connectivity index (χ1n) is 6.43. The molecule has 0 spiro atoms. The molecule has 1 saturated carbocycles. The Labute approximate surface area is 110 Å². The first kappa shape index (κ1) is 12.4. The second kappa shape index (κ2) is 4.81. The maximum atomic E-state index is 13.6. The van der Waals surface area contributed by atoms with Crippen molar-refractivity contribution in [3.8, 4) is 5.75 Å². The van der Waals surface area contributed by atoms with E-state index in [0.717, 1.165) is 18.4 Å². The molecule has 102 valence electrons. The van der Waals surface area contributed by atoms with E-state index in [1.807, 2.05) is 6.07 Å². The molecule has 0 aromatic heterocycles. The number of methoxy groups -OCH3 is 1. The van der Waals surface area contributed by atoms with Gasteiger partial charge in [0, 0.05) is 6.04 Å². The lowest BCUT2D eigenvalue weighted by Crippen LogP contribution is -2.45. The average molecular weight is 265 g/mol. The van der Waals surface area contributed by atoms with Crippen molar-refractivity contribution in [3.63, 3.8) is 0 Å². The number of hydrogen-bond donors (Lipinski definition) is 1. The van der Waals surface area contributed by atoms with Gasteiger partial charge in [0.05, 0.1) is 13.7 Å². The monoisotopic (exact) mass is 265 g/mol. The molecule has 19 heavy (non-hydrogen) atoms. The van der Waals surface area contributed by atoms with E-state index in [1.54, 1.807) is 6.07 Å². The van der Waals surface area contributed by atoms with Gasteiger partial charge in [0.15, 0.2) is 17.7 Å². The maximum Gasteiger partial charge on any atom is 0.251 e. The van der Waals surface area contributed by atoms with Gasteiger partial charge >= 0.3 is 0 Å². The van der Waals surface area contributed by atoms with Crippen molar-refractivity contribution in [1.29, 1.82) is 0 Å². The molecule has 0 radical (unpaired) electrons. The van der Waals surface area contributed by atoms with Crippen molar-refractivity contribution in [2.45, 2.75) is 30.9 Å². The Bertz CT molecular complexity index is 495. The molecule has 1 unspecified atom stereocenters. The number of hydrogen-bond acceptors (Lipinski definition) is 3. The van der Waals surface area contributed by atoms with Crippen LogP contribution in [0.15, 0.2) is 18.2 Å². The van der Waals surface area contributed by atoms with Gasteiger partial charge in [-0.1, -0.05) is 6.07 Å². The Morgan fingerprint density at radius 3 is 2.79 bits per heavy atom. The fourth-order valence-electron chi connectivity index (χ4n) is 2.44. The molecule has 1 aromatic carbocycles. The van der Waals surface area contributed by atoms with Crippen molar-refractivity contribution in [3.05, 3.63) is 29.6 Å². The molecule has 1 saturated heterocycles. The molecule has 1 heterocycles. The molecule has 1 aliphatic heterocycles.